The summed E-state index contributed by atoms with van der Waals surface area (Å²) in [5.74, 6) is 0.541. The Balaban J connectivity index is 1.47. The van der Waals surface area contributed by atoms with Crippen molar-refractivity contribution in [2.45, 2.75) is 20.0 Å². The van der Waals surface area contributed by atoms with Crippen LogP contribution < -0.4 is 10.6 Å². The number of fused-ring (bicyclic) bond motifs is 2. The lowest BCUT2D eigenvalue weighted by molar-refractivity contribution is -0.125. The van der Waals surface area contributed by atoms with E-state index in [2.05, 4.69) is 26.7 Å². The smallest absolute Gasteiger partial charge is 0.246 e. The number of pyridine rings is 1. The average Bonchev–Trinajstić information content (AvgIpc) is 2.91. The number of nitrogens with zero attached hydrogens (tertiary/aromatic N) is 2. The first kappa shape index (κ1) is 18.7. The second-order valence-electron chi connectivity index (χ2n) is 7.21. The van der Waals surface area contributed by atoms with E-state index in [1.54, 1.807) is 30.3 Å². The van der Waals surface area contributed by atoms with Crippen LogP contribution >= 0.6 is 0 Å². The van der Waals surface area contributed by atoms with Gasteiger partial charge in [0.05, 0.1) is 6.54 Å². The Hall–Kier alpha value is -3.61. The molecule has 3 N–H and O–H groups in total. The largest absolute Gasteiger partial charge is 0.361 e. The van der Waals surface area contributed by atoms with Crippen molar-refractivity contribution in [3.05, 3.63) is 65.0 Å². The zero-order valence-electron chi connectivity index (χ0n) is 16.5. The lowest BCUT2D eigenvalue weighted by Crippen LogP contribution is -2.25. The van der Waals surface area contributed by atoms with Gasteiger partial charge in [-0.2, -0.15) is 0 Å². The standard InChI is InChI=1S/C22H23N5O2/c1-14-18(17-5-3-4-6-19(17)26-14)13-27(2)21(29)8-7-15-9-16-11-23-20(28)12-25-22(16)24-10-15/h3-10,26H,11-13H2,1-2H3,(H,23,28)(H,24,25)/b8-7+. The Kier molecular flexibility index (Phi) is 5.03. The van der Waals surface area contributed by atoms with Gasteiger partial charge in [0.2, 0.25) is 11.8 Å². The van der Waals surface area contributed by atoms with Gasteiger partial charge in [0.25, 0.3) is 0 Å². The molecule has 3 heterocycles. The summed E-state index contributed by atoms with van der Waals surface area (Å²) < 4.78 is 0. The molecule has 0 atom stereocenters. The molecule has 1 aromatic carbocycles. The summed E-state index contributed by atoms with van der Waals surface area (Å²) in [5.41, 5.74) is 4.98. The molecule has 148 valence electrons. The molecule has 0 saturated carbocycles. The Morgan fingerprint density at radius 3 is 2.93 bits per heavy atom. The zero-order valence-corrected chi connectivity index (χ0v) is 16.5. The highest BCUT2D eigenvalue weighted by Crippen LogP contribution is 2.23. The Bertz CT molecular complexity index is 1120. The van der Waals surface area contributed by atoms with Crippen LogP contribution in [0.3, 0.4) is 0 Å². The van der Waals surface area contributed by atoms with Crippen molar-refractivity contribution in [1.29, 1.82) is 0 Å². The van der Waals surface area contributed by atoms with Gasteiger partial charge in [0.1, 0.15) is 5.82 Å². The van der Waals surface area contributed by atoms with E-state index < -0.39 is 0 Å². The van der Waals surface area contributed by atoms with Gasteiger partial charge in [-0.05, 0) is 36.3 Å². The molecule has 0 spiro atoms. The number of hydrogen-bond donors (Lipinski definition) is 3. The van der Waals surface area contributed by atoms with Crippen LogP contribution in [-0.4, -0.2) is 40.3 Å². The number of amides is 2. The van der Waals surface area contributed by atoms with Crippen molar-refractivity contribution in [3.63, 3.8) is 0 Å². The molecule has 2 amide bonds. The third-order valence-corrected chi connectivity index (χ3v) is 5.10. The number of benzene rings is 1. The van der Waals surface area contributed by atoms with E-state index in [9.17, 15) is 9.59 Å². The Morgan fingerprint density at radius 1 is 1.24 bits per heavy atom. The summed E-state index contributed by atoms with van der Waals surface area (Å²) in [6.45, 7) is 3.18. The minimum absolute atomic E-state index is 0.0653. The van der Waals surface area contributed by atoms with E-state index >= 15 is 0 Å². The highest BCUT2D eigenvalue weighted by Gasteiger charge is 2.14. The van der Waals surface area contributed by atoms with Crippen LogP contribution in [0.1, 0.15) is 22.4 Å². The summed E-state index contributed by atoms with van der Waals surface area (Å²) in [5, 5.41) is 6.95. The second-order valence-corrected chi connectivity index (χ2v) is 7.21. The molecular formula is C22H23N5O2. The van der Waals surface area contributed by atoms with Crippen LogP contribution in [0, 0.1) is 6.92 Å². The van der Waals surface area contributed by atoms with Gasteiger partial charge < -0.3 is 20.5 Å². The number of likely N-dealkylation sites (N-methyl/N-ethyl adjacent to an activating group) is 1. The predicted octanol–water partition coefficient (Wildman–Crippen LogP) is 2.58. The van der Waals surface area contributed by atoms with Gasteiger partial charge >= 0.3 is 0 Å². The van der Waals surface area contributed by atoms with Gasteiger partial charge in [0.15, 0.2) is 0 Å². The van der Waals surface area contributed by atoms with E-state index in [4.69, 9.17) is 0 Å². The third kappa shape index (κ3) is 3.99. The number of hydrogen-bond acceptors (Lipinski definition) is 4. The van der Waals surface area contributed by atoms with Gasteiger partial charge in [-0.3, -0.25) is 9.59 Å². The van der Waals surface area contributed by atoms with Crippen molar-refractivity contribution in [2.75, 3.05) is 18.9 Å². The van der Waals surface area contributed by atoms with Gasteiger partial charge in [-0.1, -0.05) is 18.2 Å². The zero-order chi connectivity index (χ0) is 20.4. The highest BCUT2D eigenvalue weighted by molar-refractivity contribution is 5.92. The number of anilines is 1. The molecular weight excluding hydrogens is 366 g/mol. The molecule has 0 radical (unpaired) electrons. The maximum absolute atomic E-state index is 12.6. The van der Waals surface area contributed by atoms with E-state index in [0.29, 0.717) is 18.9 Å². The predicted molar refractivity (Wildman–Crippen MR) is 113 cm³/mol. The number of rotatable bonds is 4. The van der Waals surface area contributed by atoms with E-state index in [-0.39, 0.29) is 18.4 Å². The number of aryl methyl sites for hydroxylation is 1. The first-order valence-corrected chi connectivity index (χ1v) is 9.50. The molecule has 0 saturated heterocycles. The van der Waals surface area contributed by atoms with Crippen molar-refractivity contribution in [3.8, 4) is 0 Å². The maximum Gasteiger partial charge on any atom is 0.246 e. The number of aromatic amines is 1. The van der Waals surface area contributed by atoms with E-state index in [0.717, 1.165) is 33.3 Å². The summed E-state index contributed by atoms with van der Waals surface area (Å²) in [6.07, 6.45) is 4.99. The van der Waals surface area contributed by atoms with Gasteiger partial charge in [-0.25, -0.2) is 4.98 Å². The third-order valence-electron chi connectivity index (χ3n) is 5.10. The molecule has 0 aliphatic carbocycles. The molecule has 1 aliphatic rings. The fourth-order valence-corrected chi connectivity index (χ4v) is 3.48. The van der Waals surface area contributed by atoms with Crippen molar-refractivity contribution < 1.29 is 9.59 Å². The van der Waals surface area contributed by atoms with Crippen LogP contribution in [0.4, 0.5) is 5.82 Å². The lowest BCUT2D eigenvalue weighted by Gasteiger charge is -2.15. The molecule has 0 unspecified atom stereocenters. The minimum atomic E-state index is -0.0870. The molecule has 4 rings (SSSR count). The topological polar surface area (TPSA) is 90.1 Å². The first-order valence-electron chi connectivity index (χ1n) is 9.50. The minimum Gasteiger partial charge on any atom is -0.361 e. The first-order chi connectivity index (χ1) is 14.0. The van der Waals surface area contributed by atoms with Crippen molar-refractivity contribution in [1.82, 2.24) is 20.2 Å². The summed E-state index contributed by atoms with van der Waals surface area (Å²) in [7, 11) is 1.79. The molecule has 3 aromatic rings. The SMILES string of the molecule is Cc1[nH]c2ccccc2c1CN(C)C(=O)/C=C/c1cnc2c(c1)CNC(=O)CN2. The molecule has 0 bridgehead atoms. The van der Waals surface area contributed by atoms with Gasteiger partial charge in [0, 0.05) is 54.6 Å². The van der Waals surface area contributed by atoms with Crippen molar-refractivity contribution in [2.24, 2.45) is 0 Å². The number of aromatic nitrogens is 2. The quantitative estimate of drug-likeness (QED) is 0.598. The van der Waals surface area contributed by atoms with Crippen LogP contribution in [0.2, 0.25) is 0 Å². The number of carbonyl (C=O) groups excluding carboxylic acids is 2. The second kappa shape index (κ2) is 7.79. The number of H-pyrrole nitrogens is 1. The lowest BCUT2D eigenvalue weighted by atomic mass is 10.1. The van der Waals surface area contributed by atoms with Crippen molar-refractivity contribution >= 4 is 34.6 Å². The average molecular weight is 389 g/mol. The molecule has 0 fully saturated rings. The highest BCUT2D eigenvalue weighted by atomic mass is 16.2. The number of nitrogens with one attached hydrogen (secondary N) is 3. The monoisotopic (exact) mass is 389 g/mol. The van der Waals surface area contributed by atoms with Crippen LogP contribution in [0.5, 0.6) is 0 Å². The van der Waals surface area contributed by atoms with Crippen LogP contribution in [0.25, 0.3) is 17.0 Å². The number of para-hydroxylation sites is 1. The Morgan fingerprint density at radius 2 is 2.07 bits per heavy atom. The van der Waals surface area contributed by atoms with Gasteiger partial charge in [-0.15, -0.1) is 0 Å². The summed E-state index contributed by atoms with van der Waals surface area (Å²) >= 11 is 0. The maximum atomic E-state index is 12.6. The fourth-order valence-electron chi connectivity index (χ4n) is 3.48. The van der Waals surface area contributed by atoms with E-state index in [1.165, 1.54) is 0 Å². The summed E-state index contributed by atoms with van der Waals surface area (Å²) in [6, 6.07) is 10.0. The summed E-state index contributed by atoms with van der Waals surface area (Å²) in [4.78, 5) is 33.5. The number of carbonyl (C=O) groups is 2. The normalized spacial score (nSPS) is 13.7. The molecule has 7 heteroatoms. The van der Waals surface area contributed by atoms with Crippen LogP contribution in [-0.2, 0) is 22.7 Å². The van der Waals surface area contributed by atoms with Crippen LogP contribution in [0.15, 0.2) is 42.6 Å². The molecule has 1 aliphatic heterocycles. The fraction of sp³-hybridized carbons (Fsp3) is 0.227. The Labute approximate surface area is 168 Å². The molecule has 2 aromatic heterocycles. The molecule has 7 nitrogen and oxygen atoms in total. The van der Waals surface area contributed by atoms with E-state index in [1.807, 2.05) is 31.2 Å². The molecule has 29 heavy (non-hydrogen) atoms.